The lowest BCUT2D eigenvalue weighted by molar-refractivity contribution is -0.154. The number of carbonyl (C=O) groups is 2. The van der Waals surface area contributed by atoms with E-state index in [1.807, 2.05) is 34.6 Å². The molecule has 0 saturated heterocycles. The van der Waals surface area contributed by atoms with E-state index in [0.29, 0.717) is 17.7 Å². The molecule has 1 atom stereocenters. The van der Waals surface area contributed by atoms with E-state index in [0.717, 1.165) is 12.5 Å². The maximum atomic E-state index is 14.3. The molecule has 0 aliphatic carbocycles. The van der Waals surface area contributed by atoms with Gasteiger partial charge in [-0.25, -0.2) is 4.39 Å². The second kappa shape index (κ2) is 9.97. The zero-order valence-corrected chi connectivity index (χ0v) is 19.3. The Kier molecular flexibility index (Phi) is 8.82. The molecule has 0 radical (unpaired) electrons. The van der Waals surface area contributed by atoms with Crippen LogP contribution in [-0.4, -0.2) is 22.7 Å². The van der Waals surface area contributed by atoms with Crippen molar-refractivity contribution >= 4 is 40.9 Å². The summed E-state index contributed by atoms with van der Waals surface area (Å²) >= 11 is 7.44. The third kappa shape index (κ3) is 7.28. The summed E-state index contributed by atoms with van der Waals surface area (Å²) in [4.78, 5) is 25.5. The average molecular weight is 432 g/mol. The minimum Gasteiger partial charge on any atom is -0.459 e. The molecule has 1 aromatic carbocycles. The molecule has 4 nitrogen and oxygen atoms in total. The Labute approximate surface area is 176 Å². The molecule has 28 heavy (non-hydrogen) atoms. The summed E-state index contributed by atoms with van der Waals surface area (Å²) in [6, 6.07) is 2.65. The first-order valence-corrected chi connectivity index (χ1v) is 10.8. The van der Waals surface area contributed by atoms with Crippen LogP contribution in [0.4, 0.5) is 10.1 Å². The molecule has 0 aliphatic heterocycles. The van der Waals surface area contributed by atoms with Crippen molar-refractivity contribution in [2.45, 2.75) is 83.5 Å². The van der Waals surface area contributed by atoms with Gasteiger partial charge >= 0.3 is 5.97 Å². The quantitative estimate of drug-likeness (QED) is 0.379. The van der Waals surface area contributed by atoms with E-state index in [1.165, 1.54) is 17.8 Å². The van der Waals surface area contributed by atoms with Crippen LogP contribution in [0.5, 0.6) is 0 Å². The summed E-state index contributed by atoms with van der Waals surface area (Å²) < 4.78 is 19.8. The zero-order valence-electron chi connectivity index (χ0n) is 17.7. The number of halogens is 2. The standard InChI is InChI=1S/C21H31ClFNO3S/c1-8-10-16(18(25)27-20(3,4)5)28-17-12-15(14(23)11-13(17)22)24-19(26)21(6,7)9-2/h11-12,16H,8-10H2,1-7H3,(H,24,26). The third-order valence-electron chi connectivity index (χ3n) is 4.26. The highest BCUT2D eigenvalue weighted by molar-refractivity contribution is 8.00. The molecule has 0 aliphatic rings. The van der Waals surface area contributed by atoms with Crippen LogP contribution in [0.15, 0.2) is 17.0 Å². The normalized spacial score (nSPS) is 13.2. The Morgan fingerprint density at radius 3 is 2.32 bits per heavy atom. The molecule has 1 amide bonds. The number of nitrogens with one attached hydrogen (secondary N) is 1. The van der Waals surface area contributed by atoms with Crippen molar-refractivity contribution in [2.24, 2.45) is 5.41 Å². The van der Waals surface area contributed by atoms with E-state index >= 15 is 0 Å². The molecular weight excluding hydrogens is 401 g/mol. The molecule has 0 fully saturated rings. The Hall–Kier alpha value is -1.27. The number of hydrogen-bond donors (Lipinski definition) is 1. The smallest absolute Gasteiger partial charge is 0.319 e. The van der Waals surface area contributed by atoms with Crippen LogP contribution in [0.2, 0.25) is 5.02 Å². The van der Waals surface area contributed by atoms with E-state index in [4.69, 9.17) is 16.3 Å². The minimum atomic E-state index is -0.624. The van der Waals surface area contributed by atoms with Crippen LogP contribution < -0.4 is 5.32 Å². The topological polar surface area (TPSA) is 55.4 Å². The first-order chi connectivity index (χ1) is 12.8. The number of benzene rings is 1. The van der Waals surface area contributed by atoms with Gasteiger partial charge in [-0.15, -0.1) is 11.8 Å². The van der Waals surface area contributed by atoms with Gasteiger partial charge < -0.3 is 10.1 Å². The van der Waals surface area contributed by atoms with E-state index in [2.05, 4.69) is 5.32 Å². The fourth-order valence-electron chi connectivity index (χ4n) is 2.18. The Morgan fingerprint density at radius 2 is 1.82 bits per heavy atom. The van der Waals surface area contributed by atoms with Crippen molar-refractivity contribution in [3.8, 4) is 0 Å². The molecule has 0 aromatic heterocycles. The molecule has 1 N–H and O–H groups in total. The first-order valence-electron chi connectivity index (χ1n) is 9.50. The van der Waals surface area contributed by atoms with Gasteiger partial charge in [-0.05, 0) is 45.7 Å². The number of amides is 1. The van der Waals surface area contributed by atoms with Crippen molar-refractivity contribution in [1.29, 1.82) is 0 Å². The van der Waals surface area contributed by atoms with E-state index in [1.54, 1.807) is 13.8 Å². The number of anilines is 1. The van der Waals surface area contributed by atoms with Crippen LogP contribution in [0.3, 0.4) is 0 Å². The van der Waals surface area contributed by atoms with Gasteiger partial charge in [-0.1, -0.05) is 45.7 Å². The third-order valence-corrected chi connectivity index (χ3v) is 5.99. The molecule has 7 heteroatoms. The maximum Gasteiger partial charge on any atom is 0.319 e. The van der Waals surface area contributed by atoms with Crippen LogP contribution in [0.1, 0.15) is 67.7 Å². The van der Waals surface area contributed by atoms with E-state index in [9.17, 15) is 14.0 Å². The number of carbonyl (C=O) groups excluding carboxylic acids is 2. The van der Waals surface area contributed by atoms with Gasteiger partial charge in [0.25, 0.3) is 0 Å². The second-order valence-corrected chi connectivity index (χ2v) is 10.0. The Bertz CT molecular complexity index is 716. The van der Waals surface area contributed by atoms with Crippen molar-refractivity contribution in [1.82, 2.24) is 0 Å². The molecule has 0 heterocycles. The monoisotopic (exact) mass is 431 g/mol. The highest BCUT2D eigenvalue weighted by Gasteiger charge is 2.28. The van der Waals surface area contributed by atoms with Gasteiger partial charge in [0.2, 0.25) is 5.91 Å². The van der Waals surface area contributed by atoms with Crippen molar-refractivity contribution in [3.63, 3.8) is 0 Å². The fraction of sp³-hybridized carbons (Fsp3) is 0.619. The van der Waals surface area contributed by atoms with Gasteiger partial charge in [-0.3, -0.25) is 9.59 Å². The highest BCUT2D eigenvalue weighted by atomic mass is 35.5. The van der Waals surface area contributed by atoms with Gasteiger partial charge in [0.1, 0.15) is 16.7 Å². The van der Waals surface area contributed by atoms with Crippen molar-refractivity contribution in [3.05, 3.63) is 23.0 Å². The second-order valence-electron chi connectivity index (χ2n) is 8.38. The van der Waals surface area contributed by atoms with Crippen molar-refractivity contribution in [2.75, 3.05) is 5.32 Å². The number of thioether (sulfide) groups is 1. The first kappa shape index (κ1) is 24.8. The summed E-state index contributed by atoms with van der Waals surface area (Å²) in [5, 5.41) is 2.36. The molecule has 1 rings (SSSR count). The lowest BCUT2D eigenvalue weighted by Gasteiger charge is -2.24. The summed E-state index contributed by atoms with van der Waals surface area (Å²) in [5.74, 6) is -1.22. The van der Waals surface area contributed by atoms with Crippen LogP contribution in [0, 0.1) is 11.2 Å². The predicted molar refractivity (Wildman–Crippen MR) is 115 cm³/mol. The molecule has 0 spiro atoms. The van der Waals surface area contributed by atoms with Gasteiger partial charge in [0.15, 0.2) is 0 Å². The number of rotatable bonds is 8. The van der Waals surface area contributed by atoms with Crippen LogP contribution in [0.25, 0.3) is 0 Å². The maximum absolute atomic E-state index is 14.3. The van der Waals surface area contributed by atoms with Crippen LogP contribution >= 0.6 is 23.4 Å². The molecule has 0 bridgehead atoms. The summed E-state index contributed by atoms with van der Waals surface area (Å²) in [7, 11) is 0. The van der Waals surface area contributed by atoms with E-state index < -0.39 is 22.1 Å². The van der Waals surface area contributed by atoms with Crippen LogP contribution in [-0.2, 0) is 14.3 Å². The summed E-state index contributed by atoms with van der Waals surface area (Å²) in [6.45, 7) is 12.9. The Balaban J connectivity index is 3.12. The molecular formula is C21H31ClFNO3S. The molecule has 158 valence electrons. The van der Waals surface area contributed by atoms with Gasteiger partial charge in [0, 0.05) is 10.3 Å². The molecule has 1 aromatic rings. The molecule has 0 saturated carbocycles. The highest BCUT2D eigenvalue weighted by Crippen LogP contribution is 2.37. The van der Waals surface area contributed by atoms with E-state index in [-0.39, 0.29) is 22.6 Å². The summed E-state index contributed by atoms with van der Waals surface area (Å²) in [5.41, 5.74) is -1.17. The minimum absolute atomic E-state index is 0.0536. The molecule has 1 unspecified atom stereocenters. The van der Waals surface area contributed by atoms with Gasteiger partial charge in [-0.2, -0.15) is 0 Å². The largest absolute Gasteiger partial charge is 0.459 e. The summed E-state index contributed by atoms with van der Waals surface area (Å²) in [6.07, 6.45) is 1.99. The van der Waals surface area contributed by atoms with Gasteiger partial charge in [0.05, 0.1) is 10.7 Å². The lowest BCUT2D eigenvalue weighted by atomic mass is 9.89. The fourth-order valence-corrected chi connectivity index (χ4v) is 3.62. The zero-order chi connectivity index (χ0) is 21.7. The predicted octanol–water partition coefficient (Wildman–Crippen LogP) is 6.46. The average Bonchev–Trinajstić information content (AvgIpc) is 2.56. The number of esters is 1. The SMILES string of the molecule is CCCC(Sc1cc(NC(=O)C(C)(C)CC)c(F)cc1Cl)C(=O)OC(C)(C)C. The lowest BCUT2D eigenvalue weighted by Crippen LogP contribution is -2.30. The van der Waals surface area contributed by atoms with Crippen molar-refractivity contribution < 1.29 is 18.7 Å². The Morgan fingerprint density at radius 1 is 1.21 bits per heavy atom. The number of ether oxygens (including phenoxy) is 1. The number of hydrogen-bond acceptors (Lipinski definition) is 4.